The Morgan fingerprint density at radius 2 is 2.24 bits per heavy atom. The molecule has 0 radical (unpaired) electrons. The fraction of sp³-hybridized carbons (Fsp3) is 0.364. The van der Waals surface area contributed by atoms with Crippen molar-refractivity contribution in [3.63, 3.8) is 0 Å². The standard InChI is InChI=1S/C11H13IN4S/c1-3-8-4-14-11(17-8)7(2)16-10-9(12)5-13-6-15-10/h4-7H,3H2,1-2H3,(H,13,15,16). The molecule has 17 heavy (non-hydrogen) atoms. The Morgan fingerprint density at radius 3 is 2.88 bits per heavy atom. The van der Waals surface area contributed by atoms with Gasteiger partial charge in [-0.3, -0.25) is 0 Å². The van der Waals surface area contributed by atoms with Crippen molar-refractivity contribution in [2.24, 2.45) is 0 Å². The van der Waals surface area contributed by atoms with E-state index in [9.17, 15) is 0 Å². The van der Waals surface area contributed by atoms with Gasteiger partial charge in [-0.15, -0.1) is 11.3 Å². The minimum absolute atomic E-state index is 0.170. The van der Waals surface area contributed by atoms with Crippen LogP contribution in [0.3, 0.4) is 0 Å². The van der Waals surface area contributed by atoms with Gasteiger partial charge >= 0.3 is 0 Å². The molecule has 90 valence electrons. The molecule has 0 aromatic carbocycles. The molecule has 0 saturated carbocycles. The lowest BCUT2D eigenvalue weighted by Gasteiger charge is -2.12. The smallest absolute Gasteiger partial charge is 0.143 e. The van der Waals surface area contributed by atoms with E-state index in [0.29, 0.717) is 0 Å². The van der Waals surface area contributed by atoms with Crippen LogP contribution in [0, 0.1) is 3.57 Å². The minimum atomic E-state index is 0.170. The summed E-state index contributed by atoms with van der Waals surface area (Å²) in [5, 5.41) is 4.45. The normalized spacial score (nSPS) is 12.4. The summed E-state index contributed by atoms with van der Waals surface area (Å²) < 4.78 is 1.02. The van der Waals surface area contributed by atoms with E-state index in [1.807, 2.05) is 6.20 Å². The van der Waals surface area contributed by atoms with Crippen molar-refractivity contribution in [3.05, 3.63) is 32.2 Å². The summed E-state index contributed by atoms with van der Waals surface area (Å²) in [6.07, 6.45) is 6.33. The van der Waals surface area contributed by atoms with E-state index in [4.69, 9.17) is 0 Å². The summed E-state index contributed by atoms with van der Waals surface area (Å²) in [5.74, 6) is 0.862. The van der Waals surface area contributed by atoms with Crippen molar-refractivity contribution in [1.82, 2.24) is 15.0 Å². The van der Waals surface area contributed by atoms with E-state index >= 15 is 0 Å². The van der Waals surface area contributed by atoms with Crippen LogP contribution in [-0.4, -0.2) is 15.0 Å². The molecule has 0 aliphatic heterocycles. The highest BCUT2D eigenvalue weighted by Crippen LogP contribution is 2.24. The van der Waals surface area contributed by atoms with Crippen LogP contribution >= 0.6 is 33.9 Å². The van der Waals surface area contributed by atoms with Gasteiger partial charge in [0.1, 0.15) is 17.2 Å². The molecule has 0 saturated heterocycles. The van der Waals surface area contributed by atoms with E-state index in [0.717, 1.165) is 20.8 Å². The Labute approximate surface area is 118 Å². The molecule has 2 heterocycles. The first-order valence-electron chi connectivity index (χ1n) is 5.37. The third kappa shape index (κ3) is 3.12. The average molecular weight is 360 g/mol. The molecule has 2 rings (SSSR count). The van der Waals surface area contributed by atoms with Crippen molar-refractivity contribution in [3.8, 4) is 0 Å². The van der Waals surface area contributed by atoms with Crippen LogP contribution in [0.25, 0.3) is 0 Å². The number of rotatable bonds is 4. The van der Waals surface area contributed by atoms with Gasteiger partial charge < -0.3 is 5.32 Å². The van der Waals surface area contributed by atoms with Crippen molar-refractivity contribution < 1.29 is 0 Å². The van der Waals surface area contributed by atoms with Crippen LogP contribution in [0.1, 0.15) is 29.8 Å². The van der Waals surface area contributed by atoms with Crippen molar-refractivity contribution in [2.45, 2.75) is 26.3 Å². The molecule has 0 amide bonds. The van der Waals surface area contributed by atoms with E-state index in [1.54, 1.807) is 23.9 Å². The lowest BCUT2D eigenvalue weighted by atomic mass is 10.3. The van der Waals surface area contributed by atoms with Crippen LogP contribution in [0.5, 0.6) is 0 Å². The fourth-order valence-corrected chi connectivity index (χ4v) is 2.69. The number of hydrogen-bond donors (Lipinski definition) is 1. The number of halogens is 1. The molecule has 0 spiro atoms. The largest absolute Gasteiger partial charge is 0.360 e. The van der Waals surface area contributed by atoms with Crippen molar-refractivity contribution in [1.29, 1.82) is 0 Å². The zero-order chi connectivity index (χ0) is 12.3. The van der Waals surface area contributed by atoms with Gasteiger partial charge in [0.15, 0.2) is 0 Å². The second-order valence-corrected chi connectivity index (χ2v) is 5.91. The highest BCUT2D eigenvalue weighted by molar-refractivity contribution is 14.1. The molecule has 6 heteroatoms. The molecule has 1 atom stereocenters. The monoisotopic (exact) mass is 360 g/mol. The number of anilines is 1. The zero-order valence-corrected chi connectivity index (χ0v) is 12.6. The minimum Gasteiger partial charge on any atom is -0.360 e. The molecule has 0 fully saturated rings. The van der Waals surface area contributed by atoms with Crippen molar-refractivity contribution >= 4 is 39.7 Å². The third-order valence-electron chi connectivity index (χ3n) is 2.31. The van der Waals surface area contributed by atoms with Crippen LogP contribution in [0.4, 0.5) is 5.82 Å². The summed E-state index contributed by atoms with van der Waals surface area (Å²) in [4.78, 5) is 13.9. The van der Waals surface area contributed by atoms with Crippen LogP contribution < -0.4 is 5.32 Å². The number of aryl methyl sites for hydroxylation is 1. The first-order chi connectivity index (χ1) is 8.20. The van der Waals surface area contributed by atoms with Gasteiger partial charge in [-0.05, 0) is 35.9 Å². The summed E-state index contributed by atoms with van der Waals surface area (Å²) in [6, 6.07) is 0.170. The summed E-state index contributed by atoms with van der Waals surface area (Å²) >= 11 is 3.97. The van der Waals surface area contributed by atoms with Crippen LogP contribution in [-0.2, 0) is 6.42 Å². The highest BCUT2D eigenvalue weighted by atomic mass is 127. The predicted octanol–water partition coefficient (Wildman–Crippen LogP) is 3.27. The zero-order valence-electron chi connectivity index (χ0n) is 9.64. The third-order valence-corrected chi connectivity index (χ3v) is 4.42. The van der Waals surface area contributed by atoms with E-state index in [2.05, 4.69) is 56.7 Å². The quantitative estimate of drug-likeness (QED) is 0.851. The average Bonchev–Trinajstić information content (AvgIpc) is 2.81. The van der Waals surface area contributed by atoms with Crippen LogP contribution in [0.15, 0.2) is 18.7 Å². The number of nitrogens with one attached hydrogen (secondary N) is 1. The van der Waals surface area contributed by atoms with E-state index in [-0.39, 0.29) is 6.04 Å². The van der Waals surface area contributed by atoms with Gasteiger partial charge in [0.2, 0.25) is 0 Å². The molecule has 0 aliphatic carbocycles. The first-order valence-corrected chi connectivity index (χ1v) is 7.27. The van der Waals surface area contributed by atoms with Gasteiger partial charge in [-0.25, -0.2) is 15.0 Å². The topological polar surface area (TPSA) is 50.7 Å². The molecule has 1 N–H and O–H groups in total. The second kappa shape index (κ2) is 5.72. The molecule has 0 bridgehead atoms. The maximum Gasteiger partial charge on any atom is 0.143 e. The maximum atomic E-state index is 4.42. The second-order valence-electron chi connectivity index (χ2n) is 3.60. The highest BCUT2D eigenvalue weighted by Gasteiger charge is 2.11. The Morgan fingerprint density at radius 1 is 1.41 bits per heavy atom. The molecular formula is C11H13IN4S. The molecular weight excluding hydrogens is 347 g/mol. The Kier molecular flexibility index (Phi) is 4.27. The summed E-state index contributed by atoms with van der Waals surface area (Å²) in [7, 11) is 0. The lowest BCUT2D eigenvalue weighted by molar-refractivity contribution is 0.856. The first kappa shape index (κ1) is 12.7. The molecule has 0 aliphatic rings. The Balaban J connectivity index is 2.11. The Hall–Kier alpha value is -0.760. The van der Waals surface area contributed by atoms with Gasteiger partial charge in [0.05, 0.1) is 9.61 Å². The van der Waals surface area contributed by atoms with Crippen LogP contribution in [0.2, 0.25) is 0 Å². The number of aromatic nitrogens is 3. The maximum absolute atomic E-state index is 4.42. The van der Waals surface area contributed by atoms with Gasteiger partial charge in [-0.1, -0.05) is 6.92 Å². The Bertz CT molecular complexity index is 500. The molecule has 2 aromatic heterocycles. The number of hydrogen-bond acceptors (Lipinski definition) is 5. The fourth-order valence-electron chi connectivity index (χ4n) is 1.37. The van der Waals surface area contributed by atoms with Gasteiger partial charge in [0, 0.05) is 17.3 Å². The van der Waals surface area contributed by atoms with E-state index < -0.39 is 0 Å². The summed E-state index contributed by atoms with van der Waals surface area (Å²) in [5.41, 5.74) is 0. The molecule has 1 unspecified atom stereocenters. The number of thiazole rings is 1. The van der Waals surface area contributed by atoms with Crippen molar-refractivity contribution in [2.75, 3.05) is 5.32 Å². The lowest BCUT2D eigenvalue weighted by Crippen LogP contribution is -2.08. The van der Waals surface area contributed by atoms with Gasteiger partial charge in [-0.2, -0.15) is 0 Å². The predicted molar refractivity (Wildman–Crippen MR) is 78.3 cm³/mol. The van der Waals surface area contributed by atoms with Gasteiger partial charge in [0.25, 0.3) is 0 Å². The molecule has 4 nitrogen and oxygen atoms in total. The SMILES string of the molecule is CCc1cnc(C(C)Nc2ncncc2I)s1. The molecule has 2 aromatic rings. The number of nitrogens with zero attached hydrogens (tertiary/aromatic N) is 3. The van der Waals surface area contributed by atoms with E-state index in [1.165, 1.54) is 4.88 Å². The summed E-state index contributed by atoms with van der Waals surface area (Å²) in [6.45, 7) is 4.24.